The monoisotopic (exact) mass is 286 g/mol. The van der Waals surface area contributed by atoms with Crippen molar-refractivity contribution in [2.45, 2.75) is 45.6 Å². The Labute approximate surface area is 123 Å². The predicted molar refractivity (Wildman–Crippen MR) is 79.9 cm³/mol. The Kier molecular flexibility index (Phi) is 8.38. The molecule has 1 N–H and O–H groups in total. The number of aliphatic hydroxyl groups excluding tert-OH is 1. The fourth-order valence-corrected chi connectivity index (χ4v) is 2.46. The third-order valence-electron chi connectivity index (χ3n) is 3.93. The molecule has 0 aromatic carbocycles. The number of ether oxygens (including phenoxy) is 3. The Balaban J connectivity index is 2.08. The van der Waals surface area contributed by atoms with Crippen LogP contribution in [0, 0.1) is 5.92 Å². The van der Waals surface area contributed by atoms with Gasteiger partial charge in [0.05, 0.1) is 45.2 Å². The summed E-state index contributed by atoms with van der Waals surface area (Å²) in [6.45, 7) is 9.28. The van der Waals surface area contributed by atoms with Crippen molar-refractivity contribution in [1.29, 1.82) is 0 Å². The van der Waals surface area contributed by atoms with Crippen molar-refractivity contribution < 1.29 is 19.3 Å². The van der Waals surface area contributed by atoms with Crippen LogP contribution >= 0.6 is 0 Å². The highest BCUT2D eigenvalue weighted by atomic mass is 16.6. The van der Waals surface area contributed by atoms with Crippen LogP contribution in [-0.4, -0.2) is 50.3 Å². The van der Waals surface area contributed by atoms with Gasteiger partial charge in [-0.1, -0.05) is 11.6 Å². The number of hydrogen-bond donors (Lipinski definition) is 1. The average Bonchev–Trinajstić information content (AvgIpc) is 2.42. The van der Waals surface area contributed by atoms with E-state index < -0.39 is 0 Å². The van der Waals surface area contributed by atoms with Gasteiger partial charge in [-0.2, -0.15) is 0 Å². The summed E-state index contributed by atoms with van der Waals surface area (Å²) < 4.78 is 16.5. The van der Waals surface area contributed by atoms with Crippen LogP contribution in [0.3, 0.4) is 0 Å². The standard InChI is InChI=1S/C16H30O4/c1-14-4-6-15(7-5-14)16(2,3)20-13-12-19-11-10-18-9-8-17/h4,15,17H,5-13H2,1-3H3. The minimum atomic E-state index is -0.0893. The average molecular weight is 286 g/mol. The molecule has 0 fully saturated rings. The van der Waals surface area contributed by atoms with Crippen LogP contribution < -0.4 is 0 Å². The maximum atomic E-state index is 8.55. The lowest BCUT2D eigenvalue weighted by molar-refractivity contribution is -0.0849. The minimum absolute atomic E-state index is 0.0621. The maximum absolute atomic E-state index is 8.55. The molecule has 1 aliphatic rings. The van der Waals surface area contributed by atoms with Crippen LogP contribution in [-0.2, 0) is 14.2 Å². The Morgan fingerprint density at radius 3 is 2.40 bits per heavy atom. The Morgan fingerprint density at radius 1 is 1.15 bits per heavy atom. The smallest absolute Gasteiger partial charge is 0.0707 e. The molecule has 20 heavy (non-hydrogen) atoms. The maximum Gasteiger partial charge on any atom is 0.0707 e. The molecule has 0 bridgehead atoms. The molecule has 0 saturated heterocycles. The molecule has 0 radical (unpaired) electrons. The van der Waals surface area contributed by atoms with Gasteiger partial charge >= 0.3 is 0 Å². The van der Waals surface area contributed by atoms with Gasteiger partial charge in [-0.15, -0.1) is 0 Å². The van der Waals surface area contributed by atoms with Crippen molar-refractivity contribution >= 4 is 0 Å². The zero-order valence-corrected chi connectivity index (χ0v) is 13.2. The second-order valence-corrected chi connectivity index (χ2v) is 5.92. The lowest BCUT2D eigenvalue weighted by Crippen LogP contribution is -2.36. The predicted octanol–water partition coefficient (Wildman–Crippen LogP) is 2.55. The summed E-state index contributed by atoms with van der Waals surface area (Å²) in [4.78, 5) is 0. The summed E-state index contributed by atoms with van der Waals surface area (Å²) in [7, 11) is 0. The molecule has 118 valence electrons. The zero-order valence-electron chi connectivity index (χ0n) is 13.2. The topological polar surface area (TPSA) is 47.9 Å². The van der Waals surface area contributed by atoms with E-state index in [0.717, 1.165) is 6.42 Å². The summed E-state index contributed by atoms with van der Waals surface area (Å²) in [6, 6.07) is 0. The first-order chi connectivity index (χ1) is 9.56. The molecule has 1 atom stereocenters. The molecule has 0 heterocycles. The number of hydrogen-bond acceptors (Lipinski definition) is 4. The lowest BCUT2D eigenvalue weighted by atomic mass is 9.79. The van der Waals surface area contributed by atoms with E-state index in [1.54, 1.807) is 0 Å². The molecule has 0 amide bonds. The van der Waals surface area contributed by atoms with E-state index in [9.17, 15) is 0 Å². The van der Waals surface area contributed by atoms with Gasteiger partial charge in [0.2, 0.25) is 0 Å². The lowest BCUT2D eigenvalue weighted by Gasteiger charge is -2.36. The van der Waals surface area contributed by atoms with Gasteiger partial charge in [0.1, 0.15) is 0 Å². The largest absolute Gasteiger partial charge is 0.394 e. The van der Waals surface area contributed by atoms with Gasteiger partial charge in [0.15, 0.2) is 0 Å². The summed E-state index contributed by atoms with van der Waals surface area (Å²) in [5.74, 6) is 0.596. The molecule has 0 aromatic heterocycles. The summed E-state index contributed by atoms with van der Waals surface area (Å²) >= 11 is 0. The van der Waals surface area contributed by atoms with Gasteiger partial charge in [-0.25, -0.2) is 0 Å². The quantitative estimate of drug-likeness (QED) is 0.495. The summed E-state index contributed by atoms with van der Waals surface area (Å²) in [6.07, 6.45) is 5.87. The van der Waals surface area contributed by atoms with Crippen LogP contribution in [0.4, 0.5) is 0 Å². The first-order valence-corrected chi connectivity index (χ1v) is 7.62. The van der Waals surface area contributed by atoms with Crippen molar-refractivity contribution in [2.24, 2.45) is 5.92 Å². The highest BCUT2D eigenvalue weighted by Gasteiger charge is 2.30. The molecule has 1 unspecified atom stereocenters. The number of allylic oxidation sites excluding steroid dienone is 2. The van der Waals surface area contributed by atoms with E-state index in [1.807, 2.05) is 0 Å². The Hall–Kier alpha value is -0.420. The van der Waals surface area contributed by atoms with Crippen LogP contribution in [0.5, 0.6) is 0 Å². The van der Waals surface area contributed by atoms with Crippen molar-refractivity contribution in [3.8, 4) is 0 Å². The van der Waals surface area contributed by atoms with Gasteiger partial charge in [0, 0.05) is 0 Å². The van der Waals surface area contributed by atoms with Crippen molar-refractivity contribution in [2.75, 3.05) is 39.6 Å². The summed E-state index contributed by atoms with van der Waals surface area (Å²) in [5.41, 5.74) is 1.41. The SMILES string of the molecule is CC1=CCC(C(C)(C)OCCOCCOCCO)CC1. The van der Waals surface area contributed by atoms with E-state index in [-0.39, 0.29) is 12.2 Å². The van der Waals surface area contributed by atoms with Gasteiger partial charge in [-0.05, 0) is 46.0 Å². The fourth-order valence-electron chi connectivity index (χ4n) is 2.46. The Bertz CT molecular complexity index is 286. The molecule has 0 aliphatic heterocycles. The number of aliphatic hydroxyl groups is 1. The molecule has 4 heteroatoms. The van der Waals surface area contributed by atoms with Crippen LogP contribution in [0.25, 0.3) is 0 Å². The third-order valence-corrected chi connectivity index (χ3v) is 3.93. The van der Waals surface area contributed by atoms with Gasteiger partial charge in [-0.3, -0.25) is 0 Å². The molecule has 0 saturated carbocycles. The van der Waals surface area contributed by atoms with Crippen LogP contribution in [0.15, 0.2) is 11.6 Å². The van der Waals surface area contributed by atoms with Crippen molar-refractivity contribution in [3.05, 3.63) is 11.6 Å². The minimum Gasteiger partial charge on any atom is -0.394 e. The van der Waals surface area contributed by atoms with E-state index in [4.69, 9.17) is 19.3 Å². The molecule has 4 nitrogen and oxygen atoms in total. The third kappa shape index (κ3) is 6.84. The van der Waals surface area contributed by atoms with Gasteiger partial charge in [0.25, 0.3) is 0 Å². The van der Waals surface area contributed by atoms with E-state index in [1.165, 1.54) is 18.4 Å². The highest BCUT2D eigenvalue weighted by Crippen LogP contribution is 2.33. The van der Waals surface area contributed by atoms with Crippen molar-refractivity contribution in [1.82, 2.24) is 0 Å². The molecule has 1 aliphatic carbocycles. The first kappa shape index (κ1) is 17.6. The first-order valence-electron chi connectivity index (χ1n) is 7.62. The zero-order chi connectivity index (χ0) is 14.8. The van der Waals surface area contributed by atoms with E-state index in [2.05, 4.69) is 26.8 Å². The second-order valence-electron chi connectivity index (χ2n) is 5.92. The molecule has 0 aromatic rings. The van der Waals surface area contributed by atoms with Gasteiger partial charge < -0.3 is 19.3 Å². The van der Waals surface area contributed by atoms with E-state index in [0.29, 0.717) is 39.0 Å². The van der Waals surface area contributed by atoms with Crippen LogP contribution in [0.2, 0.25) is 0 Å². The number of rotatable bonds is 10. The van der Waals surface area contributed by atoms with E-state index >= 15 is 0 Å². The van der Waals surface area contributed by atoms with Crippen molar-refractivity contribution in [3.63, 3.8) is 0 Å². The normalized spacial score (nSPS) is 20.0. The Morgan fingerprint density at radius 2 is 1.80 bits per heavy atom. The molecular weight excluding hydrogens is 256 g/mol. The van der Waals surface area contributed by atoms with Crippen LogP contribution in [0.1, 0.15) is 40.0 Å². The highest BCUT2D eigenvalue weighted by molar-refractivity contribution is 5.05. The molecule has 0 spiro atoms. The summed E-state index contributed by atoms with van der Waals surface area (Å²) in [5, 5.41) is 8.55. The molecular formula is C16H30O4. The molecule has 1 rings (SSSR count). The fraction of sp³-hybridized carbons (Fsp3) is 0.875. The second kappa shape index (κ2) is 9.50.